The molecule has 0 aliphatic carbocycles. The van der Waals surface area contributed by atoms with Crippen LogP contribution in [0.3, 0.4) is 0 Å². The summed E-state index contributed by atoms with van der Waals surface area (Å²) in [6.45, 7) is 9.32. The lowest BCUT2D eigenvalue weighted by Crippen LogP contribution is -2.32. The third-order valence-corrected chi connectivity index (χ3v) is 3.15. The number of nitrogens with one attached hydrogen (secondary N) is 2. The number of nitrogens with zero attached hydrogens (tertiary/aromatic N) is 2. The Hall–Kier alpha value is -1.95. The van der Waals surface area contributed by atoms with E-state index in [-0.39, 0.29) is 5.56 Å². The van der Waals surface area contributed by atoms with Gasteiger partial charge < -0.3 is 5.32 Å². The van der Waals surface area contributed by atoms with E-state index in [0.29, 0.717) is 36.1 Å². The number of H-pyrrole nitrogens is 1. The molecule has 0 aliphatic rings. The molecular weight excluding hydrogens is 268 g/mol. The Balaban J connectivity index is 2.52. The SMILES string of the molecule is CC(C)Cn1c(=O)[nH]c(=O)c2cc(CNC(C)C)cnc21. The second-order valence-corrected chi connectivity index (χ2v) is 6.01. The van der Waals surface area contributed by atoms with E-state index in [0.717, 1.165) is 5.56 Å². The van der Waals surface area contributed by atoms with Gasteiger partial charge in [-0.1, -0.05) is 27.7 Å². The monoisotopic (exact) mass is 290 g/mol. The predicted octanol–water partition coefficient (Wildman–Crippen LogP) is 1.24. The lowest BCUT2D eigenvalue weighted by molar-refractivity contribution is 0.513. The molecule has 2 aromatic heterocycles. The van der Waals surface area contributed by atoms with Gasteiger partial charge in [0.2, 0.25) is 0 Å². The van der Waals surface area contributed by atoms with Crippen LogP contribution >= 0.6 is 0 Å². The molecule has 0 fully saturated rings. The van der Waals surface area contributed by atoms with Crippen molar-refractivity contribution in [3.63, 3.8) is 0 Å². The zero-order valence-electron chi connectivity index (χ0n) is 12.9. The van der Waals surface area contributed by atoms with E-state index in [1.165, 1.54) is 4.57 Å². The first-order chi connectivity index (χ1) is 9.88. The van der Waals surface area contributed by atoms with Crippen molar-refractivity contribution < 1.29 is 0 Å². The van der Waals surface area contributed by atoms with Gasteiger partial charge in [-0.15, -0.1) is 0 Å². The quantitative estimate of drug-likeness (QED) is 0.868. The number of aromatic amines is 1. The largest absolute Gasteiger partial charge is 0.330 e. The normalized spacial score (nSPS) is 11.7. The second kappa shape index (κ2) is 6.22. The average Bonchev–Trinajstić information content (AvgIpc) is 2.40. The maximum atomic E-state index is 12.0. The zero-order valence-corrected chi connectivity index (χ0v) is 12.9. The van der Waals surface area contributed by atoms with E-state index in [2.05, 4.69) is 29.1 Å². The molecule has 0 radical (unpaired) electrons. The van der Waals surface area contributed by atoms with Gasteiger partial charge in [0.25, 0.3) is 5.56 Å². The third kappa shape index (κ3) is 3.58. The summed E-state index contributed by atoms with van der Waals surface area (Å²) in [6, 6.07) is 2.15. The fourth-order valence-corrected chi connectivity index (χ4v) is 2.16. The van der Waals surface area contributed by atoms with E-state index in [4.69, 9.17) is 0 Å². The Bertz CT molecular complexity index is 743. The Kier molecular flexibility index (Phi) is 4.57. The summed E-state index contributed by atoms with van der Waals surface area (Å²) in [5.41, 5.74) is 0.595. The molecule has 0 amide bonds. The highest BCUT2D eigenvalue weighted by Crippen LogP contribution is 2.09. The fourth-order valence-electron chi connectivity index (χ4n) is 2.16. The Labute approximate surface area is 123 Å². The van der Waals surface area contributed by atoms with E-state index >= 15 is 0 Å². The van der Waals surface area contributed by atoms with Crippen LogP contribution in [0.15, 0.2) is 21.9 Å². The number of rotatable bonds is 5. The highest BCUT2D eigenvalue weighted by molar-refractivity contribution is 5.74. The molecule has 6 nitrogen and oxygen atoms in total. The van der Waals surface area contributed by atoms with Gasteiger partial charge in [0.05, 0.1) is 5.39 Å². The summed E-state index contributed by atoms with van der Waals surface area (Å²) >= 11 is 0. The molecule has 2 N–H and O–H groups in total. The van der Waals surface area contributed by atoms with Crippen LogP contribution in [0.1, 0.15) is 33.3 Å². The van der Waals surface area contributed by atoms with Crippen molar-refractivity contribution in [2.45, 2.75) is 46.8 Å². The van der Waals surface area contributed by atoms with Gasteiger partial charge >= 0.3 is 5.69 Å². The van der Waals surface area contributed by atoms with Crippen molar-refractivity contribution in [1.29, 1.82) is 0 Å². The first-order valence-corrected chi connectivity index (χ1v) is 7.23. The minimum absolute atomic E-state index is 0.292. The van der Waals surface area contributed by atoms with Gasteiger partial charge in [0.1, 0.15) is 5.65 Å². The molecule has 0 aromatic carbocycles. The van der Waals surface area contributed by atoms with Crippen molar-refractivity contribution in [1.82, 2.24) is 19.9 Å². The molecule has 0 atom stereocenters. The molecule has 2 aromatic rings. The summed E-state index contributed by atoms with van der Waals surface area (Å²) in [4.78, 5) is 30.7. The minimum Gasteiger partial charge on any atom is -0.310 e. The molecule has 2 rings (SSSR count). The first kappa shape index (κ1) is 15.4. The minimum atomic E-state index is -0.401. The maximum absolute atomic E-state index is 12.0. The molecule has 2 heterocycles. The van der Waals surface area contributed by atoms with Gasteiger partial charge in [-0.2, -0.15) is 0 Å². The Morgan fingerprint density at radius 2 is 2.00 bits per heavy atom. The van der Waals surface area contributed by atoms with Crippen LogP contribution in [0.2, 0.25) is 0 Å². The Morgan fingerprint density at radius 1 is 1.29 bits per heavy atom. The summed E-state index contributed by atoms with van der Waals surface area (Å²) in [7, 11) is 0. The zero-order chi connectivity index (χ0) is 15.6. The van der Waals surface area contributed by atoms with Crippen LogP contribution in [0.4, 0.5) is 0 Å². The van der Waals surface area contributed by atoms with Crippen molar-refractivity contribution in [2.75, 3.05) is 0 Å². The van der Waals surface area contributed by atoms with Crippen LogP contribution in [0.25, 0.3) is 11.0 Å². The van der Waals surface area contributed by atoms with E-state index in [9.17, 15) is 9.59 Å². The number of pyridine rings is 1. The fraction of sp³-hybridized carbons (Fsp3) is 0.533. The molecule has 21 heavy (non-hydrogen) atoms. The topological polar surface area (TPSA) is 79.8 Å². The lowest BCUT2D eigenvalue weighted by atomic mass is 10.2. The number of hydrogen-bond acceptors (Lipinski definition) is 4. The molecule has 0 saturated heterocycles. The highest BCUT2D eigenvalue weighted by Gasteiger charge is 2.11. The van der Waals surface area contributed by atoms with Gasteiger partial charge in [0, 0.05) is 25.3 Å². The number of hydrogen-bond donors (Lipinski definition) is 2. The maximum Gasteiger partial charge on any atom is 0.330 e. The third-order valence-electron chi connectivity index (χ3n) is 3.15. The van der Waals surface area contributed by atoms with Gasteiger partial charge in [-0.25, -0.2) is 9.78 Å². The summed E-state index contributed by atoms with van der Waals surface area (Å²) in [5.74, 6) is 0.292. The van der Waals surface area contributed by atoms with Crippen LogP contribution in [0, 0.1) is 5.92 Å². The van der Waals surface area contributed by atoms with Gasteiger partial charge in [-0.3, -0.25) is 14.3 Å². The molecule has 0 aliphatic heterocycles. The van der Waals surface area contributed by atoms with E-state index in [1.54, 1.807) is 12.3 Å². The summed E-state index contributed by atoms with van der Waals surface area (Å²) < 4.78 is 1.53. The molecule has 0 unspecified atom stereocenters. The molecule has 0 bridgehead atoms. The highest BCUT2D eigenvalue weighted by atomic mass is 16.2. The molecule has 114 valence electrons. The number of fused-ring (bicyclic) bond motifs is 1. The first-order valence-electron chi connectivity index (χ1n) is 7.23. The van der Waals surface area contributed by atoms with Crippen LogP contribution in [0.5, 0.6) is 0 Å². The van der Waals surface area contributed by atoms with Gasteiger partial charge in [-0.05, 0) is 17.5 Å². The van der Waals surface area contributed by atoms with Crippen LogP contribution in [-0.4, -0.2) is 20.6 Å². The standard InChI is InChI=1S/C15H22N4O2/c1-9(2)8-19-13-12(14(20)18-15(19)21)5-11(7-17-13)6-16-10(3)4/h5,7,9-10,16H,6,8H2,1-4H3,(H,18,20,21). The summed E-state index contributed by atoms with van der Waals surface area (Å²) in [5, 5.41) is 3.74. The summed E-state index contributed by atoms with van der Waals surface area (Å²) in [6.07, 6.45) is 1.72. The molecule has 6 heteroatoms. The lowest BCUT2D eigenvalue weighted by Gasteiger charge is -2.12. The Morgan fingerprint density at radius 3 is 2.62 bits per heavy atom. The average molecular weight is 290 g/mol. The predicted molar refractivity (Wildman–Crippen MR) is 83.4 cm³/mol. The molecule has 0 saturated carbocycles. The second-order valence-electron chi connectivity index (χ2n) is 6.01. The van der Waals surface area contributed by atoms with Crippen molar-refractivity contribution in [2.24, 2.45) is 5.92 Å². The number of aromatic nitrogens is 3. The molecular formula is C15H22N4O2. The van der Waals surface area contributed by atoms with E-state index in [1.807, 2.05) is 13.8 Å². The van der Waals surface area contributed by atoms with E-state index < -0.39 is 5.69 Å². The van der Waals surface area contributed by atoms with Crippen LogP contribution < -0.4 is 16.6 Å². The smallest absolute Gasteiger partial charge is 0.310 e. The van der Waals surface area contributed by atoms with Crippen molar-refractivity contribution in [3.05, 3.63) is 38.7 Å². The van der Waals surface area contributed by atoms with Crippen LogP contribution in [-0.2, 0) is 13.1 Å². The van der Waals surface area contributed by atoms with Crippen molar-refractivity contribution in [3.8, 4) is 0 Å². The van der Waals surface area contributed by atoms with Crippen molar-refractivity contribution >= 4 is 11.0 Å². The van der Waals surface area contributed by atoms with Gasteiger partial charge in [0.15, 0.2) is 0 Å². The molecule has 0 spiro atoms.